The maximum Gasteiger partial charge on any atom is 0.410 e. The molecule has 50 heavy (non-hydrogen) atoms. The van der Waals surface area contributed by atoms with Gasteiger partial charge in [0.25, 0.3) is 0 Å². The number of ketones is 1. The fraction of sp³-hybridized carbons (Fsp3) is 0.410. The van der Waals surface area contributed by atoms with Crippen LogP contribution >= 0.6 is 23.2 Å². The van der Waals surface area contributed by atoms with Gasteiger partial charge in [0, 0.05) is 49.3 Å². The Morgan fingerprint density at radius 1 is 0.980 bits per heavy atom. The third-order valence-corrected chi connectivity index (χ3v) is 9.87. The number of ether oxygens (including phenoxy) is 2. The van der Waals surface area contributed by atoms with Crippen LogP contribution < -0.4 is 4.74 Å². The Kier molecular flexibility index (Phi) is 9.96. The Morgan fingerprint density at radius 2 is 1.66 bits per heavy atom. The summed E-state index contributed by atoms with van der Waals surface area (Å²) in [6.07, 6.45) is 2.03. The number of aryl methyl sites for hydroxylation is 1. The maximum absolute atomic E-state index is 13.7. The summed E-state index contributed by atoms with van der Waals surface area (Å²) in [5.41, 5.74) is 6.92. The van der Waals surface area contributed by atoms with Crippen LogP contribution in [0.5, 0.6) is 5.88 Å². The number of amides is 1. The van der Waals surface area contributed by atoms with Gasteiger partial charge < -0.3 is 14.4 Å². The van der Waals surface area contributed by atoms with Gasteiger partial charge in [-0.1, -0.05) is 73.4 Å². The SMILES string of the molecule is COc1nc(-c2cccc(-c3cccc(CC(=O)c4cc(C)c5c(n4)CN(C(=O)OC(C)(C)C)CC5)c3Cl)c2Cl)cnc1CN1CC(C)(C)C1. The average molecular weight is 717 g/mol. The fourth-order valence-electron chi connectivity index (χ4n) is 6.78. The number of halogens is 2. The molecule has 2 aliphatic rings. The first-order chi connectivity index (χ1) is 23.6. The molecule has 4 aromatic rings. The predicted octanol–water partition coefficient (Wildman–Crippen LogP) is 8.39. The molecule has 2 aromatic heterocycles. The first-order valence-corrected chi connectivity index (χ1v) is 17.6. The van der Waals surface area contributed by atoms with Gasteiger partial charge in [-0.15, -0.1) is 0 Å². The van der Waals surface area contributed by atoms with Crippen molar-refractivity contribution < 1.29 is 19.1 Å². The van der Waals surface area contributed by atoms with Gasteiger partial charge in [0.2, 0.25) is 5.88 Å². The number of Topliss-reactive ketones (excluding diaryl/α,β-unsaturated/α-hetero) is 1. The zero-order chi connectivity index (χ0) is 36.0. The second kappa shape index (κ2) is 13.9. The topological polar surface area (TPSA) is 97.8 Å². The second-order valence-electron chi connectivity index (χ2n) is 15.0. The number of nitrogens with zero attached hydrogens (tertiary/aromatic N) is 5. The Balaban J connectivity index is 1.23. The highest BCUT2D eigenvalue weighted by molar-refractivity contribution is 6.38. The van der Waals surface area contributed by atoms with E-state index < -0.39 is 5.60 Å². The van der Waals surface area contributed by atoms with Gasteiger partial charge in [0.1, 0.15) is 17.0 Å². The summed E-state index contributed by atoms with van der Waals surface area (Å²) in [5, 5.41) is 0.898. The third-order valence-electron chi connectivity index (χ3n) is 9.02. The molecule has 2 aliphatic heterocycles. The number of benzene rings is 2. The molecule has 1 fully saturated rings. The van der Waals surface area contributed by atoms with Gasteiger partial charge in [-0.2, -0.15) is 0 Å². The van der Waals surface area contributed by atoms with Crippen LogP contribution in [0.1, 0.15) is 73.2 Å². The maximum atomic E-state index is 13.7. The lowest BCUT2D eigenvalue weighted by Crippen LogP contribution is -2.52. The lowest BCUT2D eigenvalue weighted by Gasteiger charge is -2.45. The number of pyridine rings is 1. The standard InChI is InChI=1S/C39H43Cl2N5O4/c1-23-16-29(43-31-20-46(15-14-25(23)31)37(48)50-38(2,3)4)33(47)17-24-10-8-11-26(34(24)40)27-12-9-13-28(35(27)41)30-18-42-32(36(44-30)49-7)19-45-21-39(5,6)22-45/h8-13,16,18H,14-15,17,19-22H2,1-7H3. The molecule has 1 amide bonds. The number of methoxy groups -OCH3 is 1. The molecular weight excluding hydrogens is 673 g/mol. The third kappa shape index (κ3) is 7.65. The van der Waals surface area contributed by atoms with E-state index in [2.05, 4.69) is 18.7 Å². The number of carbonyl (C=O) groups excluding carboxylic acids is 2. The fourth-order valence-corrected chi connectivity index (χ4v) is 7.40. The van der Waals surface area contributed by atoms with Crippen LogP contribution in [0, 0.1) is 12.3 Å². The number of rotatable bonds is 8. The molecule has 0 N–H and O–H groups in total. The second-order valence-corrected chi connectivity index (χ2v) is 15.7. The summed E-state index contributed by atoms with van der Waals surface area (Å²) >= 11 is 14.1. The minimum atomic E-state index is -0.601. The van der Waals surface area contributed by atoms with Crippen molar-refractivity contribution in [1.29, 1.82) is 0 Å². The summed E-state index contributed by atoms with van der Waals surface area (Å²) in [7, 11) is 1.60. The average Bonchev–Trinajstić information content (AvgIpc) is 3.04. The van der Waals surface area contributed by atoms with E-state index in [1.807, 2.05) is 70.2 Å². The van der Waals surface area contributed by atoms with Gasteiger partial charge in [0.05, 0.1) is 41.3 Å². The molecule has 0 radical (unpaired) electrons. The molecule has 4 heterocycles. The van der Waals surface area contributed by atoms with Crippen molar-refractivity contribution in [3.05, 3.63) is 92.5 Å². The van der Waals surface area contributed by atoms with Gasteiger partial charge in [-0.05, 0) is 62.3 Å². The Hall–Kier alpha value is -4.05. The summed E-state index contributed by atoms with van der Waals surface area (Å²) in [5.74, 6) is 0.296. The predicted molar refractivity (Wildman–Crippen MR) is 196 cm³/mol. The highest BCUT2D eigenvalue weighted by Gasteiger charge is 2.35. The molecule has 2 aromatic carbocycles. The molecule has 0 unspecified atom stereocenters. The lowest BCUT2D eigenvalue weighted by atomic mass is 9.84. The van der Waals surface area contributed by atoms with Crippen LogP contribution in [-0.4, -0.2) is 69.0 Å². The molecule has 6 rings (SSSR count). The van der Waals surface area contributed by atoms with E-state index in [-0.39, 0.29) is 24.8 Å². The van der Waals surface area contributed by atoms with Gasteiger partial charge >= 0.3 is 6.09 Å². The quantitative estimate of drug-likeness (QED) is 0.168. The lowest BCUT2D eigenvalue weighted by molar-refractivity contribution is 0.0219. The summed E-state index contributed by atoms with van der Waals surface area (Å²) in [4.78, 5) is 44.6. The molecule has 0 saturated carbocycles. The number of hydrogen-bond acceptors (Lipinski definition) is 8. The van der Waals surface area contributed by atoms with Crippen LogP contribution in [0.15, 0.2) is 48.7 Å². The van der Waals surface area contributed by atoms with Crippen molar-refractivity contribution in [1.82, 2.24) is 24.8 Å². The monoisotopic (exact) mass is 715 g/mol. The number of fused-ring (bicyclic) bond motifs is 1. The van der Waals surface area contributed by atoms with Crippen molar-refractivity contribution >= 4 is 35.1 Å². The highest BCUT2D eigenvalue weighted by atomic mass is 35.5. The molecule has 0 spiro atoms. The van der Waals surface area contributed by atoms with Crippen molar-refractivity contribution in [2.45, 2.75) is 73.1 Å². The Labute approximate surface area is 303 Å². The number of carbonyl (C=O) groups is 2. The Bertz CT molecular complexity index is 1970. The van der Waals surface area contributed by atoms with E-state index in [4.69, 9.17) is 47.6 Å². The van der Waals surface area contributed by atoms with Crippen molar-refractivity contribution in [2.24, 2.45) is 5.41 Å². The highest BCUT2D eigenvalue weighted by Crippen LogP contribution is 2.40. The van der Waals surface area contributed by atoms with Gasteiger partial charge in [-0.3, -0.25) is 14.7 Å². The smallest absolute Gasteiger partial charge is 0.410 e. The molecule has 1 saturated heterocycles. The number of hydrogen-bond donors (Lipinski definition) is 0. The van der Waals surface area contributed by atoms with E-state index in [9.17, 15) is 9.59 Å². The van der Waals surface area contributed by atoms with Crippen LogP contribution in [0.25, 0.3) is 22.4 Å². The molecule has 11 heteroatoms. The normalized spacial score (nSPS) is 15.7. The van der Waals surface area contributed by atoms with E-state index in [1.165, 1.54) is 0 Å². The first kappa shape index (κ1) is 35.8. The number of likely N-dealkylation sites (tertiary alicyclic amines) is 1. The molecule has 9 nitrogen and oxygen atoms in total. The van der Waals surface area contributed by atoms with E-state index in [1.54, 1.807) is 18.2 Å². The summed E-state index contributed by atoms with van der Waals surface area (Å²) in [6.45, 7) is 15.5. The van der Waals surface area contributed by atoms with Crippen molar-refractivity contribution in [3.8, 4) is 28.3 Å². The molecule has 262 valence electrons. The van der Waals surface area contributed by atoms with Crippen molar-refractivity contribution in [3.63, 3.8) is 0 Å². The van der Waals surface area contributed by atoms with Crippen LogP contribution in [0.3, 0.4) is 0 Å². The summed E-state index contributed by atoms with van der Waals surface area (Å²) in [6, 6.07) is 13.1. The van der Waals surface area contributed by atoms with E-state index in [0.29, 0.717) is 80.2 Å². The van der Waals surface area contributed by atoms with Gasteiger partial charge in [-0.25, -0.2) is 14.8 Å². The van der Waals surface area contributed by atoms with Gasteiger partial charge in [0.15, 0.2) is 5.78 Å². The van der Waals surface area contributed by atoms with Crippen molar-refractivity contribution in [2.75, 3.05) is 26.7 Å². The van der Waals surface area contributed by atoms with E-state index in [0.717, 1.165) is 29.9 Å². The first-order valence-electron chi connectivity index (χ1n) is 16.8. The van der Waals surface area contributed by atoms with E-state index >= 15 is 0 Å². The Morgan fingerprint density at radius 3 is 2.34 bits per heavy atom. The zero-order valence-corrected chi connectivity index (χ0v) is 31.2. The minimum Gasteiger partial charge on any atom is -0.480 e. The molecule has 0 aliphatic carbocycles. The molecule has 0 bridgehead atoms. The summed E-state index contributed by atoms with van der Waals surface area (Å²) < 4.78 is 11.2. The zero-order valence-electron chi connectivity index (χ0n) is 29.7. The minimum absolute atomic E-state index is 0.0450. The van der Waals surface area contributed by atoms with Crippen LogP contribution in [0.2, 0.25) is 10.0 Å². The largest absolute Gasteiger partial charge is 0.480 e. The molecular formula is C39H43Cl2N5O4. The van der Waals surface area contributed by atoms with Crippen LogP contribution in [0.4, 0.5) is 4.79 Å². The van der Waals surface area contributed by atoms with Crippen LogP contribution in [-0.2, 0) is 30.7 Å². The number of aromatic nitrogens is 3. The molecule has 0 atom stereocenters.